The summed E-state index contributed by atoms with van der Waals surface area (Å²) in [5.41, 5.74) is 5.48. The van der Waals surface area contributed by atoms with Crippen molar-refractivity contribution in [3.63, 3.8) is 0 Å². The molecule has 2 atom stereocenters. The number of anilines is 3. The molecule has 2 saturated heterocycles. The monoisotopic (exact) mass is 869 g/mol. The van der Waals surface area contributed by atoms with E-state index >= 15 is 0 Å². The normalized spacial score (nSPS) is 17.9. The van der Waals surface area contributed by atoms with Gasteiger partial charge in [-0.05, 0) is 78.7 Å². The quantitative estimate of drug-likeness (QED) is 0.0746. The number of nitrogens with zero attached hydrogens (tertiary/aromatic N) is 4. The van der Waals surface area contributed by atoms with E-state index in [1.807, 2.05) is 4.31 Å². The van der Waals surface area contributed by atoms with Crippen molar-refractivity contribution >= 4 is 80.2 Å². The van der Waals surface area contributed by atoms with Gasteiger partial charge in [0.2, 0.25) is 23.7 Å². The molecule has 4 heterocycles. The Hall–Kier alpha value is -5.18. The van der Waals surface area contributed by atoms with Gasteiger partial charge in [0.15, 0.2) is 0 Å². The summed E-state index contributed by atoms with van der Waals surface area (Å²) >= 11 is 2.08. The van der Waals surface area contributed by atoms with Crippen LogP contribution in [0, 0.1) is 5.82 Å². The lowest BCUT2D eigenvalue weighted by Gasteiger charge is -2.32. The summed E-state index contributed by atoms with van der Waals surface area (Å²) in [5.74, 6) is -3.05. The number of amides is 6. The Bertz CT molecular complexity index is 2050. The number of fused-ring (bicyclic) bond motifs is 1. The summed E-state index contributed by atoms with van der Waals surface area (Å²) in [5, 5.41) is 11.2. The maximum absolute atomic E-state index is 14.2. The van der Waals surface area contributed by atoms with Crippen molar-refractivity contribution in [1.82, 2.24) is 29.8 Å². The molecule has 302 valence electrons. The van der Waals surface area contributed by atoms with Gasteiger partial charge in [0.1, 0.15) is 29.2 Å². The number of halogens is 2. The molecule has 20 heteroatoms. The Labute approximate surface area is 338 Å². The zero-order valence-corrected chi connectivity index (χ0v) is 33.1. The Morgan fingerprint density at radius 2 is 1.82 bits per heavy atom. The molecule has 0 aliphatic carbocycles. The molecular weight excluding hydrogens is 829 g/mol. The number of ether oxygens (including phenoxy) is 1. The Balaban J connectivity index is 0.856. The highest BCUT2D eigenvalue weighted by atomic mass is 79.9. The number of benzene rings is 2. The van der Waals surface area contributed by atoms with Crippen LogP contribution in [0.15, 0.2) is 47.1 Å². The third-order valence-electron chi connectivity index (χ3n) is 9.67. The molecule has 3 aliphatic heterocycles. The van der Waals surface area contributed by atoms with E-state index in [1.165, 1.54) is 24.4 Å². The molecule has 3 aromatic rings. The van der Waals surface area contributed by atoms with Crippen molar-refractivity contribution in [2.75, 3.05) is 42.6 Å². The number of primary amides is 1. The van der Waals surface area contributed by atoms with E-state index in [2.05, 4.69) is 47.2 Å². The summed E-state index contributed by atoms with van der Waals surface area (Å²) in [4.78, 5) is 84.0. The van der Waals surface area contributed by atoms with E-state index in [0.29, 0.717) is 61.4 Å². The minimum Gasteiger partial charge on any atom is -0.598 e. The number of carbonyl (C=O) groups excluding carboxylic acids is 6. The molecule has 6 rings (SSSR count). The third kappa shape index (κ3) is 10.0. The zero-order chi connectivity index (χ0) is 40.6. The maximum Gasteiger partial charge on any atom is 0.266 e. The molecule has 1 aromatic heterocycles. The van der Waals surface area contributed by atoms with Crippen molar-refractivity contribution in [3.05, 3.63) is 69.6 Å². The van der Waals surface area contributed by atoms with Crippen LogP contribution >= 0.6 is 15.9 Å². The molecular formula is C37H41BrFN9O8S. The predicted octanol–water partition coefficient (Wildman–Crippen LogP) is 2.92. The number of piperidine rings is 2. The number of unbranched alkanes of at least 4 members (excludes halogenated alkanes) is 2. The van der Waals surface area contributed by atoms with Crippen LogP contribution in [0.4, 0.5) is 21.8 Å². The van der Waals surface area contributed by atoms with Gasteiger partial charge in [0.25, 0.3) is 17.7 Å². The summed E-state index contributed by atoms with van der Waals surface area (Å²) in [6.45, 7) is 1.62. The van der Waals surface area contributed by atoms with Crippen molar-refractivity contribution in [1.29, 1.82) is 0 Å². The van der Waals surface area contributed by atoms with Crippen LogP contribution in [0.3, 0.4) is 0 Å². The van der Waals surface area contributed by atoms with E-state index in [0.717, 1.165) is 11.0 Å². The van der Waals surface area contributed by atoms with Gasteiger partial charge < -0.3 is 31.0 Å². The summed E-state index contributed by atoms with van der Waals surface area (Å²) in [6.07, 6.45) is 5.08. The first-order chi connectivity index (χ1) is 27.4. The van der Waals surface area contributed by atoms with Gasteiger partial charge in [-0.3, -0.25) is 39.0 Å². The average Bonchev–Trinajstić information content (AvgIpc) is 3.43. The molecule has 2 fully saturated rings. The SMILES string of the molecule is NC(=O)c1c(F)cccc1Nc1nc(NC2CCN([S+]([O-])CCNC(=O)CCCCCOc3cccc4c3C(=O)N(C3CCC(=O)NC3=O)C4=O)CC2)ncc1Br. The van der Waals surface area contributed by atoms with Crippen LogP contribution in [0.2, 0.25) is 0 Å². The van der Waals surface area contributed by atoms with Gasteiger partial charge in [-0.25, -0.2) is 9.37 Å². The smallest absolute Gasteiger partial charge is 0.266 e. The zero-order valence-electron chi connectivity index (χ0n) is 30.7. The largest absolute Gasteiger partial charge is 0.598 e. The van der Waals surface area contributed by atoms with Crippen LogP contribution in [-0.2, 0) is 25.7 Å². The van der Waals surface area contributed by atoms with Crippen molar-refractivity contribution in [2.24, 2.45) is 5.73 Å². The second-order valence-corrected chi connectivity index (χ2v) is 16.0. The molecule has 2 aromatic carbocycles. The number of carbonyl (C=O) groups is 6. The lowest BCUT2D eigenvalue weighted by Crippen LogP contribution is -2.54. The maximum atomic E-state index is 14.2. The highest BCUT2D eigenvalue weighted by Crippen LogP contribution is 2.34. The molecule has 17 nitrogen and oxygen atoms in total. The second-order valence-electron chi connectivity index (χ2n) is 13.6. The van der Waals surface area contributed by atoms with Crippen molar-refractivity contribution in [3.8, 4) is 5.75 Å². The van der Waals surface area contributed by atoms with E-state index in [-0.39, 0.29) is 78.2 Å². The molecule has 3 aliphatic rings. The van der Waals surface area contributed by atoms with Gasteiger partial charge in [-0.15, -0.1) is 4.31 Å². The molecule has 0 saturated carbocycles. The van der Waals surface area contributed by atoms with Crippen LogP contribution in [0.25, 0.3) is 0 Å². The van der Waals surface area contributed by atoms with E-state index < -0.39 is 52.8 Å². The average molecular weight is 871 g/mol. The standard InChI is InChI=1S/C37H41BrFN9O8S/c38-23-20-42-37(46-33(23)44-25-8-5-7-24(39)31(25)32(40)51)43-21-13-16-47(17-14-21)57(55)19-15-41-28(49)10-2-1-3-18-56-27-9-4-6-22-30(27)36(54)48(35(22)53)26-11-12-29(50)45-34(26)52/h4-9,20-21,26H,1-3,10-19H2,(H2,40,51)(H,41,49)(H,45,50,52)(H2,42,43,44,46). The Kier molecular flexibility index (Phi) is 13.7. The van der Waals surface area contributed by atoms with Crippen LogP contribution in [0.5, 0.6) is 5.75 Å². The molecule has 57 heavy (non-hydrogen) atoms. The lowest BCUT2D eigenvalue weighted by atomic mass is 10.0. The fraction of sp³-hybridized carbons (Fsp3) is 0.405. The number of hydrogen-bond acceptors (Lipinski definition) is 13. The van der Waals surface area contributed by atoms with Gasteiger partial charge in [-0.2, -0.15) is 4.98 Å². The molecule has 0 bridgehead atoms. The van der Waals surface area contributed by atoms with Gasteiger partial charge in [-0.1, -0.05) is 12.1 Å². The molecule has 0 radical (unpaired) electrons. The van der Waals surface area contributed by atoms with Gasteiger partial charge >= 0.3 is 0 Å². The minimum absolute atomic E-state index is 0.00303. The molecule has 6 amide bonds. The number of rotatable bonds is 17. The van der Waals surface area contributed by atoms with Crippen molar-refractivity contribution in [2.45, 2.75) is 63.5 Å². The Morgan fingerprint density at radius 1 is 1.05 bits per heavy atom. The summed E-state index contributed by atoms with van der Waals surface area (Å²) < 4.78 is 35.4. The predicted molar refractivity (Wildman–Crippen MR) is 209 cm³/mol. The minimum atomic E-state index is -1.29. The fourth-order valence-electron chi connectivity index (χ4n) is 6.76. The first-order valence-corrected chi connectivity index (χ1v) is 20.5. The van der Waals surface area contributed by atoms with Crippen LogP contribution in [-0.4, -0.2) is 103 Å². The number of nitrogens with two attached hydrogens (primary N) is 1. The number of aromatic nitrogens is 2. The second kappa shape index (κ2) is 18.8. The molecule has 6 N–H and O–H groups in total. The number of imide groups is 2. The summed E-state index contributed by atoms with van der Waals surface area (Å²) in [6, 6.07) is 7.74. The van der Waals surface area contributed by atoms with Gasteiger partial charge in [0.05, 0.1) is 40.0 Å². The number of nitrogens with one attached hydrogen (secondary N) is 4. The first kappa shape index (κ1) is 41.5. The molecule has 2 unspecified atom stereocenters. The van der Waals surface area contributed by atoms with E-state index in [9.17, 15) is 37.7 Å². The van der Waals surface area contributed by atoms with Gasteiger partial charge in [0, 0.05) is 49.5 Å². The topological polar surface area (TPSA) is 241 Å². The highest BCUT2D eigenvalue weighted by molar-refractivity contribution is 9.10. The first-order valence-electron chi connectivity index (χ1n) is 18.4. The Morgan fingerprint density at radius 3 is 2.58 bits per heavy atom. The molecule has 0 spiro atoms. The van der Waals surface area contributed by atoms with E-state index in [4.69, 9.17) is 10.5 Å². The van der Waals surface area contributed by atoms with Crippen LogP contribution in [0.1, 0.15) is 82.4 Å². The van der Waals surface area contributed by atoms with Crippen molar-refractivity contribution < 1.29 is 42.4 Å². The van der Waals surface area contributed by atoms with E-state index in [1.54, 1.807) is 12.1 Å². The third-order valence-corrected chi connectivity index (χ3v) is 11.7. The summed E-state index contributed by atoms with van der Waals surface area (Å²) in [7, 11) is 0. The number of hydrogen-bond donors (Lipinski definition) is 5. The lowest BCUT2D eigenvalue weighted by molar-refractivity contribution is -0.136. The highest BCUT2D eigenvalue weighted by Gasteiger charge is 2.46. The fourth-order valence-corrected chi connectivity index (χ4v) is 8.21. The van der Waals surface area contributed by atoms with Crippen LogP contribution < -0.4 is 31.7 Å².